The first-order valence-electron chi connectivity index (χ1n) is 6.02. The Morgan fingerprint density at radius 1 is 1.10 bits per heavy atom. The standard InChI is InChI=1S/C14H11ClN4S/c15-11-6-4-10(5-7-11)9-20-14-17-13(18-19-14)12-3-1-2-8-16-12/h1-8H,9H2,(H,17,18,19). The molecule has 0 aliphatic rings. The Balaban J connectivity index is 1.67. The maximum atomic E-state index is 5.86. The van der Waals surface area contributed by atoms with E-state index in [1.807, 2.05) is 42.5 Å². The van der Waals surface area contributed by atoms with E-state index in [-0.39, 0.29) is 0 Å². The van der Waals surface area contributed by atoms with Crippen LogP contribution in [0.25, 0.3) is 11.5 Å². The lowest BCUT2D eigenvalue weighted by molar-refractivity contribution is 0.973. The van der Waals surface area contributed by atoms with Gasteiger partial charge in [0.2, 0.25) is 5.16 Å². The normalized spacial score (nSPS) is 10.7. The van der Waals surface area contributed by atoms with E-state index in [0.717, 1.165) is 16.5 Å². The molecule has 0 saturated heterocycles. The van der Waals surface area contributed by atoms with Gasteiger partial charge < -0.3 is 0 Å². The van der Waals surface area contributed by atoms with Crippen molar-refractivity contribution in [2.45, 2.75) is 10.9 Å². The number of nitrogens with zero attached hydrogens (tertiary/aromatic N) is 3. The highest BCUT2D eigenvalue weighted by Crippen LogP contribution is 2.22. The molecular formula is C14H11ClN4S. The van der Waals surface area contributed by atoms with E-state index < -0.39 is 0 Å². The van der Waals surface area contributed by atoms with Crippen molar-refractivity contribution in [2.75, 3.05) is 0 Å². The molecule has 2 aromatic heterocycles. The molecule has 4 nitrogen and oxygen atoms in total. The van der Waals surface area contributed by atoms with Crippen molar-refractivity contribution in [3.8, 4) is 11.5 Å². The number of rotatable bonds is 4. The highest BCUT2D eigenvalue weighted by Gasteiger charge is 2.07. The number of hydrogen-bond donors (Lipinski definition) is 1. The molecule has 0 radical (unpaired) electrons. The van der Waals surface area contributed by atoms with Gasteiger partial charge in [-0.1, -0.05) is 41.6 Å². The van der Waals surface area contributed by atoms with Gasteiger partial charge in [-0.05, 0) is 29.8 Å². The van der Waals surface area contributed by atoms with Gasteiger partial charge in [0.25, 0.3) is 0 Å². The van der Waals surface area contributed by atoms with Gasteiger partial charge in [-0.2, -0.15) is 4.98 Å². The summed E-state index contributed by atoms with van der Waals surface area (Å²) in [5.41, 5.74) is 1.97. The zero-order chi connectivity index (χ0) is 13.8. The molecule has 6 heteroatoms. The van der Waals surface area contributed by atoms with Crippen LogP contribution in [0.3, 0.4) is 0 Å². The van der Waals surface area contributed by atoms with Crippen LogP contribution < -0.4 is 0 Å². The van der Waals surface area contributed by atoms with Crippen molar-refractivity contribution in [3.05, 3.63) is 59.2 Å². The van der Waals surface area contributed by atoms with Crippen LogP contribution in [0.2, 0.25) is 5.02 Å². The van der Waals surface area contributed by atoms with Crippen molar-refractivity contribution >= 4 is 23.4 Å². The van der Waals surface area contributed by atoms with Gasteiger partial charge in [-0.3, -0.25) is 10.1 Å². The van der Waals surface area contributed by atoms with E-state index >= 15 is 0 Å². The van der Waals surface area contributed by atoms with Crippen LogP contribution in [0, 0.1) is 0 Å². The zero-order valence-electron chi connectivity index (χ0n) is 10.5. The molecule has 1 aromatic carbocycles. The summed E-state index contributed by atoms with van der Waals surface area (Å²) in [5.74, 6) is 1.49. The molecule has 0 aliphatic heterocycles. The molecule has 100 valence electrons. The summed E-state index contributed by atoms with van der Waals surface area (Å²) >= 11 is 7.43. The number of thioether (sulfide) groups is 1. The lowest BCUT2D eigenvalue weighted by Crippen LogP contribution is -1.84. The lowest BCUT2D eigenvalue weighted by atomic mass is 10.2. The lowest BCUT2D eigenvalue weighted by Gasteiger charge is -1.98. The molecule has 0 aliphatic carbocycles. The first kappa shape index (κ1) is 13.1. The third-order valence-corrected chi connectivity index (χ3v) is 3.82. The van der Waals surface area contributed by atoms with Crippen LogP contribution in [0.4, 0.5) is 0 Å². The second-order valence-electron chi connectivity index (χ2n) is 4.10. The van der Waals surface area contributed by atoms with Crippen LogP contribution in [0.5, 0.6) is 0 Å². The summed E-state index contributed by atoms with van der Waals surface area (Å²) in [6.45, 7) is 0. The summed E-state index contributed by atoms with van der Waals surface area (Å²) in [4.78, 5) is 8.65. The predicted molar refractivity (Wildman–Crippen MR) is 80.6 cm³/mol. The maximum absolute atomic E-state index is 5.86. The van der Waals surface area contributed by atoms with E-state index in [9.17, 15) is 0 Å². The van der Waals surface area contributed by atoms with Crippen molar-refractivity contribution in [1.29, 1.82) is 0 Å². The van der Waals surface area contributed by atoms with Gasteiger partial charge in [0.1, 0.15) is 5.69 Å². The number of nitrogens with one attached hydrogen (secondary N) is 1. The number of benzene rings is 1. The van der Waals surface area contributed by atoms with Gasteiger partial charge in [0.15, 0.2) is 5.82 Å². The second-order valence-corrected chi connectivity index (χ2v) is 5.48. The van der Waals surface area contributed by atoms with Crippen molar-refractivity contribution in [3.63, 3.8) is 0 Å². The van der Waals surface area contributed by atoms with Gasteiger partial charge in [0.05, 0.1) is 0 Å². The molecule has 0 saturated carbocycles. The maximum Gasteiger partial charge on any atom is 0.209 e. The highest BCUT2D eigenvalue weighted by molar-refractivity contribution is 7.98. The predicted octanol–water partition coefficient (Wildman–Crippen LogP) is 3.81. The van der Waals surface area contributed by atoms with Crippen LogP contribution in [0.15, 0.2) is 53.8 Å². The molecule has 1 N–H and O–H groups in total. The van der Waals surface area contributed by atoms with Crippen LogP contribution in [-0.4, -0.2) is 20.2 Å². The molecule has 3 aromatic rings. The van der Waals surface area contributed by atoms with Gasteiger partial charge in [0, 0.05) is 17.0 Å². The Kier molecular flexibility index (Phi) is 3.99. The van der Waals surface area contributed by atoms with E-state index in [2.05, 4.69) is 20.2 Å². The summed E-state index contributed by atoms with van der Waals surface area (Å²) in [7, 11) is 0. The first-order valence-corrected chi connectivity index (χ1v) is 7.39. The minimum atomic E-state index is 0.684. The van der Waals surface area contributed by atoms with E-state index in [1.54, 1.807) is 18.0 Å². The van der Waals surface area contributed by atoms with Crippen molar-refractivity contribution in [1.82, 2.24) is 20.2 Å². The monoisotopic (exact) mass is 302 g/mol. The van der Waals surface area contributed by atoms with Gasteiger partial charge >= 0.3 is 0 Å². The number of aromatic nitrogens is 4. The molecule has 0 fully saturated rings. The molecule has 0 unspecified atom stereocenters. The quantitative estimate of drug-likeness (QED) is 0.745. The SMILES string of the molecule is Clc1ccc(CSc2n[nH]c(-c3ccccn3)n2)cc1. The fourth-order valence-corrected chi connectivity index (χ4v) is 2.54. The summed E-state index contributed by atoms with van der Waals surface area (Å²) < 4.78 is 0. The largest absolute Gasteiger partial charge is 0.257 e. The fourth-order valence-electron chi connectivity index (χ4n) is 1.66. The third-order valence-electron chi connectivity index (χ3n) is 2.65. The average molecular weight is 303 g/mol. The Morgan fingerprint density at radius 3 is 2.70 bits per heavy atom. The number of H-pyrrole nitrogens is 1. The van der Waals surface area contributed by atoms with Gasteiger partial charge in [-0.15, -0.1) is 5.10 Å². The molecule has 3 rings (SSSR count). The topological polar surface area (TPSA) is 54.5 Å². The summed E-state index contributed by atoms with van der Waals surface area (Å²) in [5, 5.41) is 8.54. The van der Waals surface area contributed by atoms with Crippen molar-refractivity contribution in [2.24, 2.45) is 0 Å². The molecule has 0 atom stereocenters. The zero-order valence-corrected chi connectivity index (χ0v) is 12.0. The molecule has 20 heavy (non-hydrogen) atoms. The Bertz CT molecular complexity index is 682. The van der Waals surface area contributed by atoms with Crippen LogP contribution in [-0.2, 0) is 5.75 Å². The van der Waals surface area contributed by atoms with Crippen LogP contribution >= 0.6 is 23.4 Å². The Morgan fingerprint density at radius 2 is 1.95 bits per heavy atom. The van der Waals surface area contributed by atoms with Gasteiger partial charge in [-0.25, -0.2) is 0 Å². The third kappa shape index (κ3) is 3.18. The van der Waals surface area contributed by atoms with E-state index in [0.29, 0.717) is 11.0 Å². The molecule has 0 bridgehead atoms. The highest BCUT2D eigenvalue weighted by atomic mass is 35.5. The Labute approximate surface area is 125 Å². The minimum absolute atomic E-state index is 0.684. The number of halogens is 1. The molecular weight excluding hydrogens is 292 g/mol. The molecule has 0 amide bonds. The van der Waals surface area contributed by atoms with Crippen LogP contribution in [0.1, 0.15) is 5.56 Å². The number of aromatic amines is 1. The Hall–Kier alpha value is -1.85. The number of pyridine rings is 1. The minimum Gasteiger partial charge on any atom is -0.257 e. The summed E-state index contributed by atoms with van der Waals surface area (Å²) in [6, 6.07) is 13.5. The molecule has 2 heterocycles. The first-order chi connectivity index (χ1) is 9.81. The van der Waals surface area contributed by atoms with Crippen molar-refractivity contribution < 1.29 is 0 Å². The van der Waals surface area contributed by atoms with E-state index in [1.165, 1.54) is 5.56 Å². The molecule has 0 spiro atoms. The smallest absolute Gasteiger partial charge is 0.209 e. The number of hydrogen-bond acceptors (Lipinski definition) is 4. The fraction of sp³-hybridized carbons (Fsp3) is 0.0714. The average Bonchev–Trinajstić information content (AvgIpc) is 2.97. The second kappa shape index (κ2) is 6.07. The van der Waals surface area contributed by atoms with E-state index in [4.69, 9.17) is 11.6 Å². The summed E-state index contributed by atoms with van der Waals surface area (Å²) in [6.07, 6.45) is 1.73.